The van der Waals surface area contributed by atoms with E-state index in [1.807, 2.05) is 0 Å². The van der Waals surface area contributed by atoms with Gasteiger partial charge in [-0.25, -0.2) is 9.18 Å². The molecule has 7 nitrogen and oxygen atoms in total. The maximum Gasteiger partial charge on any atom is 0.331 e. The normalized spacial score (nSPS) is 25.0. The molecule has 4 atom stereocenters. The van der Waals surface area contributed by atoms with Crippen molar-refractivity contribution in [1.29, 1.82) is 0 Å². The summed E-state index contributed by atoms with van der Waals surface area (Å²) >= 11 is 6.27. The average molecular weight is 450 g/mol. The van der Waals surface area contributed by atoms with Gasteiger partial charge in [-0.05, 0) is 23.3 Å². The van der Waals surface area contributed by atoms with Crippen LogP contribution in [-0.2, 0) is 34.1 Å². The van der Waals surface area contributed by atoms with Crippen molar-refractivity contribution < 1.29 is 33.0 Å². The van der Waals surface area contributed by atoms with E-state index in [0.29, 0.717) is 11.1 Å². The fourth-order valence-electron chi connectivity index (χ4n) is 4.20. The third-order valence-corrected chi connectivity index (χ3v) is 5.86. The summed E-state index contributed by atoms with van der Waals surface area (Å²) in [6.07, 6.45) is 0. The fraction of sp³-hybridized carbons (Fsp3) is 0.318. The zero-order chi connectivity index (χ0) is 22.8. The first-order chi connectivity index (χ1) is 14.8. The van der Waals surface area contributed by atoms with Gasteiger partial charge >= 0.3 is 17.9 Å². The standard InChI is InChI=1S/C22H21ClFNO6/c1-29-19(26)16-17(20(27)30-2)22(21(28)31-3,12-7-5-4-6-8-12)25-18(16)14-10-9-13(24)11-15(14)23/h4-11,16-18,25H,1-3H3/t16-,17-,18-,22-/m1/s1. The topological polar surface area (TPSA) is 90.9 Å². The van der Waals surface area contributed by atoms with E-state index >= 15 is 0 Å². The second kappa shape index (κ2) is 9.03. The lowest BCUT2D eigenvalue weighted by Crippen LogP contribution is -2.53. The molecule has 2 aromatic carbocycles. The van der Waals surface area contributed by atoms with E-state index in [1.165, 1.54) is 26.4 Å². The molecule has 0 aliphatic carbocycles. The Hall–Kier alpha value is -2.97. The van der Waals surface area contributed by atoms with Crippen LogP contribution in [0.4, 0.5) is 4.39 Å². The van der Waals surface area contributed by atoms with Gasteiger partial charge in [-0.1, -0.05) is 48.0 Å². The molecule has 1 fully saturated rings. The number of carbonyl (C=O) groups is 3. The Labute approximate surface area is 183 Å². The van der Waals surface area contributed by atoms with E-state index in [1.54, 1.807) is 30.3 Å². The average Bonchev–Trinajstić information content (AvgIpc) is 3.15. The third-order valence-electron chi connectivity index (χ3n) is 5.53. The molecule has 0 aromatic heterocycles. The van der Waals surface area contributed by atoms with Gasteiger partial charge in [0.25, 0.3) is 0 Å². The molecule has 1 heterocycles. The fourth-order valence-corrected chi connectivity index (χ4v) is 4.48. The molecule has 2 aromatic rings. The first-order valence-electron chi connectivity index (χ1n) is 9.34. The predicted molar refractivity (Wildman–Crippen MR) is 108 cm³/mol. The number of hydrogen-bond acceptors (Lipinski definition) is 7. The molecule has 0 spiro atoms. The van der Waals surface area contributed by atoms with Gasteiger partial charge in [0.2, 0.25) is 0 Å². The van der Waals surface area contributed by atoms with Crippen LogP contribution >= 0.6 is 11.6 Å². The number of esters is 3. The minimum Gasteiger partial charge on any atom is -0.469 e. The van der Waals surface area contributed by atoms with Gasteiger partial charge < -0.3 is 14.2 Å². The van der Waals surface area contributed by atoms with E-state index in [2.05, 4.69) is 5.32 Å². The number of hydrogen-bond donors (Lipinski definition) is 1. The highest BCUT2D eigenvalue weighted by molar-refractivity contribution is 6.31. The number of nitrogens with one attached hydrogen (secondary N) is 1. The van der Waals surface area contributed by atoms with Gasteiger partial charge in [0, 0.05) is 11.1 Å². The van der Waals surface area contributed by atoms with Gasteiger partial charge in [0.05, 0.1) is 27.2 Å². The minimum absolute atomic E-state index is 0.0174. The summed E-state index contributed by atoms with van der Waals surface area (Å²) in [6, 6.07) is 11.0. The lowest BCUT2D eigenvalue weighted by Gasteiger charge is -2.32. The molecule has 0 unspecified atom stereocenters. The molecule has 1 aliphatic rings. The molecule has 0 bridgehead atoms. The molecule has 3 rings (SSSR count). The van der Waals surface area contributed by atoms with E-state index in [4.69, 9.17) is 25.8 Å². The summed E-state index contributed by atoms with van der Waals surface area (Å²) in [5.74, 6) is -5.55. The van der Waals surface area contributed by atoms with Crippen LogP contribution in [0.1, 0.15) is 17.2 Å². The van der Waals surface area contributed by atoms with Crippen molar-refractivity contribution in [1.82, 2.24) is 5.32 Å². The van der Waals surface area contributed by atoms with Gasteiger partial charge in [0.15, 0.2) is 5.54 Å². The van der Waals surface area contributed by atoms with Gasteiger partial charge in [-0.15, -0.1) is 0 Å². The maximum atomic E-state index is 13.7. The first-order valence-corrected chi connectivity index (χ1v) is 9.71. The van der Waals surface area contributed by atoms with Crippen molar-refractivity contribution >= 4 is 29.5 Å². The Kier molecular flexibility index (Phi) is 6.62. The van der Waals surface area contributed by atoms with Crippen molar-refractivity contribution in [3.8, 4) is 0 Å². The number of carbonyl (C=O) groups excluding carboxylic acids is 3. The highest BCUT2D eigenvalue weighted by Gasteiger charge is 2.65. The number of halogens is 2. The van der Waals surface area contributed by atoms with E-state index < -0.39 is 47.1 Å². The zero-order valence-corrected chi connectivity index (χ0v) is 17.8. The summed E-state index contributed by atoms with van der Waals surface area (Å²) in [6.45, 7) is 0. The van der Waals surface area contributed by atoms with Crippen molar-refractivity contribution in [2.75, 3.05) is 21.3 Å². The molecule has 0 amide bonds. The van der Waals surface area contributed by atoms with Gasteiger partial charge in [0.1, 0.15) is 11.7 Å². The minimum atomic E-state index is -1.79. The van der Waals surface area contributed by atoms with Crippen LogP contribution in [0.3, 0.4) is 0 Å². The Morgan fingerprint density at radius 3 is 2.16 bits per heavy atom. The van der Waals surface area contributed by atoms with Gasteiger partial charge in [-0.2, -0.15) is 0 Å². The van der Waals surface area contributed by atoms with Crippen LogP contribution in [0, 0.1) is 17.7 Å². The third kappa shape index (κ3) is 3.77. The van der Waals surface area contributed by atoms with Crippen molar-refractivity contribution in [2.45, 2.75) is 11.6 Å². The van der Waals surface area contributed by atoms with Crippen molar-refractivity contribution in [3.05, 3.63) is 70.5 Å². The van der Waals surface area contributed by atoms with E-state index in [9.17, 15) is 18.8 Å². The summed E-state index contributed by atoms with van der Waals surface area (Å²) in [5.41, 5.74) is -1.09. The molecule has 0 saturated carbocycles. The smallest absolute Gasteiger partial charge is 0.331 e. The van der Waals surface area contributed by atoms with Crippen molar-refractivity contribution in [3.63, 3.8) is 0 Å². The second-order valence-corrected chi connectivity index (χ2v) is 7.41. The highest BCUT2D eigenvalue weighted by Crippen LogP contribution is 2.51. The number of methoxy groups -OCH3 is 3. The number of ether oxygens (including phenoxy) is 3. The van der Waals surface area contributed by atoms with Crippen LogP contribution < -0.4 is 5.32 Å². The number of benzene rings is 2. The van der Waals surface area contributed by atoms with Crippen LogP contribution in [-0.4, -0.2) is 39.2 Å². The van der Waals surface area contributed by atoms with Crippen LogP contribution in [0.25, 0.3) is 0 Å². The molecule has 164 valence electrons. The Bertz CT molecular complexity index is 1000. The molecular weight excluding hydrogens is 429 g/mol. The van der Waals surface area contributed by atoms with Crippen LogP contribution in [0.5, 0.6) is 0 Å². The Morgan fingerprint density at radius 1 is 0.968 bits per heavy atom. The molecule has 9 heteroatoms. The summed E-state index contributed by atoms with van der Waals surface area (Å²) in [5, 5.41) is 3.11. The summed E-state index contributed by atoms with van der Waals surface area (Å²) in [7, 11) is 3.50. The summed E-state index contributed by atoms with van der Waals surface area (Å²) in [4.78, 5) is 39.1. The molecular formula is C22H21ClFNO6. The maximum absolute atomic E-state index is 13.7. The largest absolute Gasteiger partial charge is 0.469 e. The highest BCUT2D eigenvalue weighted by atomic mass is 35.5. The lowest BCUT2D eigenvalue weighted by atomic mass is 9.74. The molecule has 1 aliphatic heterocycles. The van der Waals surface area contributed by atoms with Crippen LogP contribution in [0.15, 0.2) is 48.5 Å². The van der Waals surface area contributed by atoms with Crippen molar-refractivity contribution in [2.24, 2.45) is 11.8 Å². The zero-order valence-electron chi connectivity index (χ0n) is 17.1. The SMILES string of the molecule is COC(=O)[C@H]1[C@@H](c2ccc(F)cc2Cl)N[C@](C(=O)OC)(c2ccccc2)[C@H]1C(=O)OC. The first kappa shape index (κ1) is 22.7. The second-order valence-electron chi connectivity index (χ2n) is 7.00. The molecule has 1 N–H and O–H groups in total. The molecule has 31 heavy (non-hydrogen) atoms. The van der Waals surface area contributed by atoms with Gasteiger partial charge in [-0.3, -0.25) is 14.9 Å². The quantitative estimate of drug-likeness (QED) is 0.554. The van der Waals surface area contributed by atoms with E-state index in [-0.39, 0.29) is 5.02 Å². The predicted octanol–water partition coefficient (Wildman–Crippen LogP) is 2.77. The Balaban J connectivity index is 2.32. The summed E-state index contributed by atoms with van der Waals surface area (Å²) < 4.78 is 28.7. The lowest BCUT2D eigenvalue weighted by molar-refractivity contribution is -0.164. The van der Waals surface area contributed by atoms with Crippen LogP contribution in [0.2, 0.25) is 5.02 Å². The Morgan fingerprint density at radius 2 is 1.61 bits per heavy atom. The number of rotatable bonds is 5. The monoisotopic (exact) mass is 449 g/mol. The molecule has 0 radical (unpaired) electrons. The molecule has 1 saturated heterocycles. The van der Waals surface area contributed by atoms with E-state index in [0.717, 1.165) is 13.2 Å².